The Kier molecular flexibility index (Phi) is 6.58. The molecule has 1 saturated carbocycles. The molecule has 2 heterocycles. The highest BCUT2D eigenvalue weighted by Gasteiger charge is 2.27. The Bertz CT molecular complexity index is 1530. The summed E-state index contributed by atoms with van der Waals surface area (Å²) in [6.07, 6.45) is 5.27. The van der Waals surface area contributed by atoms with Gasteiger partial charge in [-0.1, -0.05) is 42.8 Å². The van der Waals surface area contributed by atoms with Crippen molar-refractivity contribution in [3.63, 3.8) is 0 Å². The molecule has 5 rings (SSSR count). The van der Waals surface area contributed by atoms with E-state index in [0.29, 0.717) is 56.5 Å². The van der Waals surface area contributed by atoms with E-state index in [1.807, 2.05) is 13.8 Å². The molecule has 190 valence electrons. The van der Waals surface area contributed by atoms with E-state index in [4.69, 9.17) is 23.2 Å². The fourth-order valence-corrected chi connectivity index (χ4v) is 4.30. The van der Waals surface area contributed by atoms with Gasteiger partial charge < -0.3 is 10.6 Å². The van der Waals surface area contributed by atoms with Crippen molar-refractivity contribution in [2.45, 2.75) is 38.7 Å². The number of nitriles is 1. The van der Waals surface area contributed by atoms with Crippen molar-refractivity contribution in [1.82, 2.24) is 20.0 Å². The summed E-state index contributed by atoms with van der Waals surface area (Å²) in [7, 11) is 0. The van der Waals surface area contributed by atoms with Crippen molar-refractivity contribution in [2.24, 2.45) is 5.41 Å². The van der Waals surface area contributed by atoms with Crippen LogP contribution in [-0.4, -0.2) is 32.4 Å². The third-order valence-corrected chi connectivity index (χ3v) is 7.25. The zero-order valence-electron chi connectivity index (χ0n) is 21.4. The van der Waals surface area contributed by atoms with Crippen molar-refractivity contribution in [1.29, 1.82) is 5.26 Å². The van der Waals surface area contributed by atoms with Crippen molar-refractivity contribution in [2.75, 3.05) is 23.1 Å². The van der Waals surface area contributed by atoms with E-state index in [0.717, 1.165) is 12.8 Å². The van der Waals surface area contributed by atoms with E-state index in [9.17, 15) is 11.0 Å². The number of rotatable bonds is 9. The van der Waals surface area contributed by atoms with Crippen LogP contribution in [0, 0.1) is 22.6 Å². The number of pyridine rings is 1. The maximum Gasteiger partial charge on any atom is 0.123 e. The molecule has 2 aromatic heterocycles. The average molecular weight is 539 g/mol. The molecule has 37 heavy (non-hydrogen) atoms. The van der Waals surface area contributed by atoms with Gasteiger partial charge in [-0.3, -0.25) is 4.98 Å². The first kappa shape index (κ1) is 24.0. The summed E-state index contributed by atoms with van der Waals surface area (Å²) in [6, 6.07) is 10.0. The molecule has 2 aromatic carbocycles. The van der Waals surface area contributed by atoms with Crippen LogP contribution in [0.1, 0.15) is 56.9 Å². The Labute approximate surface area is 226 Å². The zero-order valence-corrected chi connectivity index (χ0v) is 21.9. The molecule has 0 aliphatic heterocycles. The predicted molar refractivity (Wildman–Crippen MR) is 145 cm³/mol. The normalized spacial score (nSPS) is 15.6. The molecule has 1 fully saturated rings. The molecule has 0 bridgehead atoms. The Balaban J connectivity index is 1.61. The first-order chi connectivity index (χ1) is 18.1. The van der Waals surface area contributed by atoms with E-state index < -0.39 is 11.8 Å². The van der Waals surface area contributed by atoms with Crippen LogP contribution in [0.4, 0.5) is 15.8 Å². The lowest BCUT2D eigenvalue weighted by Crippen LogP contribution is -2.25. The molecule has 0 spiro atoms. The highest BCUT2D eigenvalue weighted by atomic mass is 35.5. The number of aromatic nitrogens is 4. The van der Waals surface area contributed by atoms with Crippen LogP contribution in [-0.2, 0) is 0 Å². The van der Waals surface area contributed by atoms with E-state index in [2.05, 4.69) is 32.0 Å². The summed E-state index contributed by atoms with van der Waals surface area (Å²) in [5.74, 6) is 0.0242. The lowest BCUT2D eigenvalue weighted by Gasteiger charge is -2.24. The highest BCUT2D eigenvalue weighted by Crippen LogP contribution is 2.37. The molecule has 0 radical (unpaired) electrons. The van der Waals surface area contributed by atoms with Gasteiger partial charge in [0, 0.05) is 29.7 Å². The molecule has 2 N–H and O–H groups in total. The average Bonchev–Trinajstić information content (AvgIpc) is 3.63. The molecular formula is C27H26Cl2FN7. The Hall–Kier alpha value is -3.41. The van der Waals surface area contributed by atoms with Gasteiger partial charge in [-0.15, -0.1) is 16.7 Å². The van der Waals surface area contributed by atoms with Crippen LogP contribution >= 0.6 is 23.2 Å². The zero-order chi connectivity index (χ0) is 27.1. The van der Waals surface area contributed by atoms with Gasteiger partial charge in [0.15, 0.2) is 0 Å². The molecule has 1 unspecified atom stereocenters. The number of nitrogens with zero attached hydrogens (tertiary/aromatic N) is 5. The topological polar surface area (TPSA) is 91.5 Å². The van der Waals surface area contributed by atoms with Crippen LogP contribution in [0.15, 0.2) is 48.8 Å². The van der Waals surface area contributed by atoms with E-state index >= 15 is 0 Å². The maximum absolute atomic E-state index is 13.8. The van der Waals surface area contributed by atoms with Gasteiger partial charge in [0.2, 0.25) is 0 Å². The number of anilines is 2. The van der Waals surface area contributed by atoms with Crippen molar-refractivity contribution in [3.05, 3.63) is 76.5 Å². The molecule has 1 atom stereocenters. The Morgan fingerprint density at radius 1 is 1.30 bits per heavy atom. The minimum absolute atomic E-state index is 0.226. The van der Waals surface area contributed by atoms with Crippen molar-refractivity contribution >= 4 is 45.5 Å². The van der Waals surface area contributed by atoms with Gasteiger partial charge in [0.1, 0.15) is 17.6 Å². The molecule has 1 aliphatic rings. The van der Waals surface area contributed by atoms with Gasteiger partial charge in [0.25, 0.3) is 0 Å². The number of hydrogen-bond acceptors (Lipinski definition) is 6. The van der Waals surface area contributed by atoms with Crippen LogP contribution in [0.25, 0.3) is 10.9 Å². The quantitative estimate of drug-likeness (QED) is 0.230. The monoisotopic (exact) mass is 538 g/mol. The molecule has 0 saturated heterocycles. The standard InChI is InChI=1S/C27H26Cl2FN7/c1-27(2,14-28)15-33-24-17(11-31)12-32-26-21(24)9-19(10-22(26)29)34-25(16-3-5-18(30)6-4-16)23-13-37(36-35-23)20-7-8-20/h3-6,9-10,12-13,20,25,34H,7-8,14-15H2,1-2H3,(H,32,33)/i25D. The van der Waals surface area contributed by atoms with Gasteiger partial charge in [-0.25, -0.2) is 9.07 Å². The minimum Gasteiger partial charge on any atom is -0.383 e. The SMILES string of the molecule is [2H]C(Nc1cc(Cl)c2ncc(C#N)c(NCC(C)(C)CCl)c2c1)(c1ccc(F)cc1)c1cn(C2CC2)nn1. The second-order valence-electron chi connectivity index (χ2n) is 9.99. The predicted octanol–water partition coefficient (Wildman–Crippen LogP) is 6.70. The van der Waals surface area contributed by atoms with Crippen LogP contribution < -0.4 is 10.6 Å². The number of halogens is 3. The highest BCUT2D eigenvalue weighted by molar-refractivity contribution is 6.35. The minimum atomic E-state index is -1.60. The second kappa shape index (κ2) is 10.2. The number of hydrogen-bond donors (Lipinski definition) is 2. The Morgan fingerprint density at radius 3 is 2.73 bits per heavy atom. The van der Waals surface area contributed by atoms with Crippen LogP contribution in [0.5, 0.6) is 0 Å². The lowest BCUT2D eigenvalue weighted by atomic mass is 9.96. The summed E-state index contributed by atoms with van der Waals surface area (Å²) in [5.41, 5.74) is 2.56. The summed E-state index contributed by atoms with van der Waals surface area (Å²) in [5, 5.41) is 25.9. The van der Waals surface area contributed by atoms with Crippen molar-refractivity contribution in [3.8, 4) is 6.07 Å². The second-order valence-corrected chi connectivity index (χ2v) is 10.7. The molecule has 7 nitrogen and oxygen atoms in total. The number of nitrogens with one attached hydrogen (secondary N) is 2. The third kappa shape index (κ3) is 5.48. The fourth-order valence-electron chi connectivity index (χ4n) is 3.94. The van der Waals surface area contributed by atoms with Gasteiger partial charge >= 0.3 is 0 Å². The van der Waals surface area contributed by atoms with Crippen LogP contribution in [0.3, 0.4) is 0 Å². The number of benzene rings is 2. The van der Waals surface area contributed by atoms with E-state index in [-0.39, 0.29) is 11.5 Å². The Morgan fingerprint density at radius 2 is 2.05 bits per heavy atom. The van der Waals surface area contributed by atoms with Gasteiger partial charge in [0.05, 0.1) is 41.4 Å². The molecule has 1 aliphatic carbocycles. The first-order valence-electron chi connectivity index (χ1n) is 12.4. The lowest BCUT2D eigenvalue weighted by molar-refractivity contribution is 0.450. The summed E-state index contributed by atoms with van der Waals surface area (Å²) in [4.78, 5) is 4.41. The summed E-state index contributed by atoms with van der Waals surface area (Å²) < 4.78 is 25.0. The molecule has 4 aromatic rings. The van der Waals surface area contributed by atoms with Crippen molar-refractivity contribution < 1.29 is 5.76 Å². The summed E-state index contributed by atoms with van der Waals surface area (Å²) >= 11 is 12.8. The maximum atomic E-state index is 13.8. The largest absolute Gasteiger partial charge is 0.383 e. The van der Waals surface area contributed by atoms with Crippen LogP contribution in [0.2, 0.25) is 5.02 Å². The van der Waals surface area contributed by atoms with Gasteiger partial charge in [-0.05, 0) is 48.1 Å². The smallest absolute Gasteiger partial charge is 0.123 e. The fraction of sp³-hybridized carbons (Fsp3) is 0.333. The van der Waals surface area contributed by atoms with E-state index in [1.54, 1.807) is 35.1 Å². The number of alkyl halides is 1. The molecule has 10 heteroatoms. The third-order valence-electron chi connectivity index (χ3n) is 6.24. The van der Waals surface area contributed by atoms with Gasteiger partial charge in [-0.2, -0.15) is 5.26 Å². The molecular weight excluding hydrogens is 512 g/mol. The summed E-state index contributed by atoms with van der Waals surface area (Å²) in [6.45, 7) is 4.56. The van der Waals surface area contributed by atoms with E-state index in [1.165, 1.54) is 18.3 Å². The molecule has 0 amide bonds. The number of fused-ring (bicyclic) bond motifs is 1. The first-order valence-corrected chi connectivity index (χ1v) is 12.8.